The summed E-state index contributed by atoms with van der Waals surface area (Å²) < 4.78 is 10.4. The van der Waals surface area contributed by atoms with Crippen LogP contribution in [0.1, 0.15) is 32.3 Å². The van der Waals surface area contributed by atoms with Crippen molar-refractivity contribution >= 4 is 30.1 Å². The SMILES string of the molecule is COc1ccc(/C(=C/C(S)c2ccoc2)NCC(=O)NCc2ccc(C(=O)NO)cc2)cc1. The molecule has 0 aliphatic heterocycles. The molecular weight excluding hydrogens is 442 g/mol. The zero-order valence-corrected chi connectivity index (χ0v) is 18.8. The summed E-state index contributed by atoms with van der Waals surface area (Å²) in [7, 11) is 1.60. The summed E-state index contributed by atoms with van der Waals surface area (Å²) in [5.41, 5.74) is 5.24. The van der Waals surface area contributed by atoms with Crippen LogP contribution >= 0.6 is 12.6 Å². The van der Waals surface area contributed by atoms with Crippen LogP contribution in [-0.4, -0.2) is 30.7 Å². The minimum absolute atomic E-state index is 0.0503. The van der Waals surface area contributed by atoms with Crippen LogP contribution < -0.4 is 20.9 Å². The number of benzene rings is 2. The van der Waals surface area contributed by atoms with Gasteiger partial charge >= 0.3 is 0 Å². The third-order valence-corrected chi connectivity index (χ3v) is 5.30. The van der Waals surface area contributed by atoms with E-state index in [2.05, 4.69) is 23.3 Å². The van der Waals surface area contributed by atoms with E-state index in [0.29, 0.717) is 12.1 Å². The van der Waals surface area contributed by atoms with E-state index in [4.69, 9.17) is 14.4 Å². The van der Waals surface area contributed by atoms with Crippen LogP contribution in [0, 0.1) is 0 Å². The van der Waals surface area contributed by atoms with Crippen molar-refractivity contribution in [3.63, 3.8) is 0 Å². The number of methoxy groups -OCH3 is 1. The fourth-order valence-electron chi connectivity index (χ4n) is 3.00. The lowest BCUT2D eigenvalue weighted by atomic mass is 10.1. The van der Waals surface area contributed by atoms with Crippen molar-refractivity contribution in [2.75, 3.05) is 13.7 Å². The Morgan fingerprint density at radius 2 is 1.76 bits per heavy atom. The van der Waals surface area contributed by atoms with Crippen molar-refractivity contribution < 1.29 is 24.0 Å². The minimum Gasteiger partial charge on any atom is -0.497 e. The molecule has 2 aromatic carbocycles. The maximum absolute atomic E-state index is 12.4. The molecule has 3 rings (SSSR count). The molecule has 0 fully saturated rings. The third kappa shape index (κ3) is 6.90. The summed E-state index contributed by atoms with van der Waals surface area (Å²) in [4.78, 5) is 23.8. The number of thiol groups is 1. The van der Waals surface area contributed by atoms with Crippen LogP contribution in [0.5, 0.6) is 5.75 Å². The highest BCUT2D eigenvalue weighted by Gasteiger charge is 2.11. The Balaban J connectivity index is 1.63. The molecule has 0 bridgehead atoms. The van der Waals surface area contributed by atoms with Crippen molar-refractivity contribution in [3.05, 3.63) is 95.5 Å². The highest BCUT2D eigenvalue weighted by Crippen LogP contribution is 2.26. The van der Waals surface area contributed by atoms with Crippen molar-refractivity contribution in [2.45, 2.75) is 11.8 Å². The van der Waals surface area contributed by atoms with Gasteiger partial charge in [0.15, 0.2) is 0 Å². The average Bonchev–Trinajstić information content (AvgIpc) is 3.40. The van der Waals surface area contributed by atoms with Gasteiger partial charge in [-0.3, -0.25) is 14.8 Å². The number of carbonyl (C=O) groups is 2. The maximum atomic E-state index is 12.4. The second kappa shape index (κ2) is 11.8. The first-order valence-corrected chi connectivity index (χ1v) is 10.6. The Morgan fingerprint density at radius 3 is 2.36 bits per heavy atom. The molecule has 0 saturated heterocycles. The lowest BCUT2D eigenvalue weighted by Gasteiger charge is -2.14. The first-order chi connectivity index (χ1) is 16.0. The van der Waals surface area contributed by atoms with Gasteiger partial charge in [-0.25, -0.2) is 5.48 Å². The highest BCUT2D eigenvalue weighted by atomic mass is 32.1. The first-order valence-electron chi connectivity index (χ1n) is 10.1. The average molecular weight is 468 g/mol. The molecule has 2 amide bonds. The van der Waals surface area contributed by atoms with E-state index in [1.54, 1.807) is 49.4 Å². The Morgan fingerprint density at radius 1 is 1.06 bits per heavy atom. The number of amides is 2. The molecule has 0 radical (unpaired) electrons. The van der Waals surface area contributed by atoms with E-state index < -0.39 is 5.91 Å². The fraction of sp³-hybridized carbons (Fsp3) is 0.167. The van der Waals surface area contributed by atoms with Crippen molar-refractivity contribution in [1.82, 2.24) is 16.1 Å². The molecule has 0 saturated carbocycles. The van der Waals surface area contributed by atoms with Gasteiger partial charge in [0.05, 0.1) is 31.4 Å². The summed E-state index contributed by atoms with van der Waals surface area (Å²) in [6.45, 7) is 0.349. The Kier molecular flexibility index (Phi) is 8.56. The standard InChI is InChI=1S/C24H25N3O5S/c1-31-20-8-6-17(7-9-20)21(12-22(33)19-10-11-32-15-19)25-14-23(28)26-13-16-2-4-18(5-3-16)24(29)27-30/h2-12,15,22,25,30,33H,13-14H2,1H3,(H,26,28)(H,27,29)/b21-12-. The van der Waals surface area contributed by atoms with Gasteiger partial charge in [0, 0.05) is 23.4 Å². The second-order valence-corrected chi connectivity index (χ2v) is 7.63. The van der Waals surface area contributed by atoms with E-state index >= 15 is 0 Å². The van der Waals surface area contributed by atoms with Crippen LogP contribution in [0.15, 0.2) is 77.6 Å². The number of nitrogens with one attached hydrogen (secondary N) is 3. The fourth-order valence-corrected chi connectivity index (χ4v) is 3.30. The van der Waals surface area contributed by atoms with Gasteiger partial charge in [0.25, 0.3) is 5.91 Å². The summed E-state index contributed by atoms with van der Waals surface area (Å²) in [6.07, 6.45) is 5.12. The number of rotatable bonds is 10. The van der Waals surface area contributed by atoms with Gasteiger partial charge in [-0.15, -0.1) is 0 Å². The van der Waals surface area contributed by atoms with Crippen molar-refractivity contribution in [2.24, 2.45) is 0 Å². The topological polar surface area (TPSA) is 113 Å². The zero-order chi connectivity index (χ0) is 23.6. The molecule has 172 valence electrons. The van der Waals surface area contributed by atoms with E-state index in [9.17, 15) is 9.59 Å². The molecule has 8 nitrogen and oxygen atoms in total. The van der Waals surface area contributed by atoms with Crippen LogP contribution in [0.2, 0.25) is 0 Å². The van der Waals surface area contributed by atoms with Crippen LogP contribution in [-0.2, 0) is 11.3 Å². The molecule has 1 aromatic heterocycles. The summed E-state index contributed by atoms with van der Waals surface area (Å²) in [5.74, 6) is -0.0632. The van der Waals surface area contributed by atoms with E-state index in [1.807, 2.05) is 36.4 Å². The lowest BCUT2D eigenvalue weighted by molar-refractivity contribution is -0.120. The van der Waals surface area contributed by atoms with Gasteiger partial charge in [-0.05, 0) is 59.7 Å². The van der Waals surface area contributed by atoms with Crippen molar-refractivity contribution in [3.8, 4) is 5.75 Å². The molecule has 33 heavy (non-hydrogen) atoms. The summed E-state index contributed by atoms with van der Waals surface area (Å²) in [5, 5.41) is 14.5. The number of hydrogen-bond acceptors (Lipinski definition) is 7. The number of furan rings is 1. The number of ether oxygens (including phenoxy) is 1. The Labute approximate surface area is 197 Å². The molecule has 3 aromatic rings. The lowest BCUT2D eigenvalue weighted by Crippen LogP contribution is -2.33. The van der Waals surface area contributed by atoms with Gasteiger partial charge in [-0.1, -0.05) is 12.1 Å². The Bertz CT molecular complexity index is 1080. The molecule has 4 N–H and O–H groups in total. The maximum Gasteiger partial charge on any atom is 0.274 e. The van der Waals surface area contributed by atoms with E-state index in [-0.39, 0.29) is 17.7 Å². The highest BCUT2D eigenvalue weighted by molar-refractivity contribution is 7.80. The molecule has 1 heterocycles. The molecule has 0 aliphatic rings. The molecular formula is C24H25N3O5S. The smallest absolute Gasteiger partial charge is 0.274 e. The van der Waals surface area contributed by atoms with Crippen LogP contribution in [0.25, 0.3) is 5.70 Å². The first kappa shape index (κ1) is 24.0. The molecule has 9 heteroatoms. The zero-order valence-electron chi connectivity index (χ0n) is 17.9. The predicted octanol–water partition coefficient (Wildman–Crippen LogP) is 3.33. The molecule has 0 spiro atoms. The Hall–Kier alpha value is -3.69. The van der Waals surface area contributed by atoms with Gasteiger partial charge < -0.3 is 19.8 Å². The summed E-state index contributed by atoms with van der Waals surface area (Å²) >= 11 is 4.63. The minimum atomic E-state index is -0.592. The monoisotopic (exact) mass is 467 g/mol. The van der Waals surface area contributed by atoms with Gasteiger partial charge in [0.1, 0.15) is 5.75 Å². The molecule has 1 unspecified atom stereocenters. The van der Waals surface area contributed by atoms with E-state index in [1.165, 1.54) is 0 Å². The van der Waals surface area contributed by atoms with Crippen molar-refractivity contribution in [1.29, 1.82) is 0 Å². The number of carbonyl (C=O) groups excluding carboxylic acids is 2. The normalized spacial score (nSPS) is 12.0. The van der Waals surface area contributed by atoms with Crippen LogP contribution in [0.4, 0.5) is 0 Å². The number of hydroxylamine groups is 1. The van der Waals surface area contributed by atoms with Crippen LogP contribution in [0.3, 0.4) is 0 Å². The summed E-state index contributed by atoms with van der Waals surface area (Å²) in [6, 6.07) is 15.9. The molecule has 1 atom stereocenters. The molecule has 0 aliphatic carbocycles. The third-order valence-electron chi connectivity index (χ3n) is 4.86. The number of hydrogen-bond donors (Lipinski definition) is 5. The van der Waals surface area contributed by atoms with Gasteiger partial charge in [0.2, 0.25) is 5.91 Å². The predicted molar refractivity (Wildman–Crippen MR) is 127 cm³/mol. The largest absolute Gasteiger partial charge is 0.497 e. The van der Waals surface area contributed by atoms with E-state index in [0.717, 1.165) is 28.1 Å². The quantitative estimate of drug-likeness (QED) is 0.178. The van der Waals surface area contributed by atoms with Gasteiger partial charge in [-0.2, -0.15) is 12.6 Å². The second-order valence-electron chi connectivity index (χ2n) is 7.08.